The molecule has 0 bridgehead atoms. The van der Waals surface area contributed by atoms with Crippen molar-refractivity contribution in [3.8, 4) is 22.6 Å². The van der Waals surface area contributed by atoms with Gasteiger partial charge in [0.2, 0.25) is 0 Å². The average molecular weight is 472 g/mol. The van der Waals surface area contributed by atoms with Crippen molar-refractivity contribution in [1.82, 2.24) is 0 Å². The topological polar surface area (TPSA) is 18.5 Å². The Hall–Kier alpha value is -3.23. The van der Waals surface area contributed by atoms with Crippen molar-refractivity contribution in [1.29, 1.82) is 0 Å². The summed E-state index contributed by atoms with van der Waals surface area (Å²) in [6, 6.07) is 9.32. The van der Waals surface area contributed by atoms with Crippen molar-refractivity contribution in [3.63, 3.8) is 0 Å². The van der Waals surface area contributed by atoms with Gasteiger partial charge >= 0.3 is 12.2 Å². The van der Waals surface area contributed by atoms with Crippen LogP contribution in [0.1, 0.15) is 31.4 Å². The molecule has 3 aromatic rings. The predicted octanol–water partition coefficient (Wildman–Crippen LogP) is 7.84. The molecule has 9 heteroatoms. The number of rotatable bonds is 8. The van der Waals surface area contributed by atoms with Gasteiger partial charge in [0.15, 0.2) is 17.4 Å². The zero-order valence-corrected chi connectivity index (χ0v) is 17.6. The molecule has 0 heterocycles. The van der Waals surface area contributed by atoms with Gasteiger partial charge in [0.05, 0.1) is 5.56 Å². The number of aryl methyl sites for hydroxylation is 1. The Labute approximate surface area is 185 Å². The number of hydrogen-bond donors (Lipinski definition) is 0. The molecule has 0 N–H and O–H groups in total. The first-order chi connectivity index (χ1) is 15.4. The molecule has 0 saturated carbocycles. The Morgan fingerprint density at radius 1 is 0.758 bits per heavy atom. The molecule has 0 unspecified atom stereocenters. The average Bonchev–Trinajstić information content (AvgIpc) is 2.70. The van der Waals surface area contributed by atoms with Crippen LogP contribution in [-0.4, -0.2) is 6.11 Å². The summed E-state index contributed by atoms with van der Waals surface area (Å²) in [4.78, 5) is 0. The predicted molar refractivity (Wildman–Crippen MR) is 108 cm³/mol. The van der Waals surface area contributed by atoms with Crippen LogP contribution in [0.3, 0.4) is 0 Å². The molecule has 0 radical (unpaired) electrons. The van der Waals surface area contributed by atoms with E-state index in [9.17, 15) is 30.7 Å². The maximum absolute atomic E-state index is 14.6. The fourth-order valence-electron chi connectivity index (χ4n) is 3.15. The monoisotopic (exact) mass is 472 g/mol. The molecule has 0 aliphatic rings. The van der Waals surface area contributed by atoms with Gasteiger partial charge in [-0.2, -0.15) is 17.6 Å². The lowest BCUT2D eigenvalue weighted by Gasteiger charge is -2.19. The summed E-state index contributed by atoms with van der Waals surface area (Å²) in [5.74, 6) is -5.93. The standard InChI is InChI=1S/C24H19F7O2/c1-3-4-14-5-7-16(8-6-14)24(30,31)32-17-9-10-18(19(25)13-17)15-11-20(26)22(21(27)12-15)33-23(2,28)29/h5-13H,3-4H2,1-2H3. The van der Waals surface area contributed by atoms with Gasteiger partial charge < -0.3 is 9.47 Å². The molecule has 33 heavy (non-hydrogen) atoms. The van der Waals surface area contributed by atoms with Gasteiger partial charge in [-0.3, -0.25) is 0 Å². The SMILES string of the molecule is CCCc1ccc(C(F)(F)Oc2ccc(-c3cc(F)c(OC(C)(F)F)c(F)c3)c(F)c2)cc1. The molecule has 176 valence electrons. The van der Waals surface area contributed by atoms with Crippen molar-refractivity contribution in [2.24, 2.45) is 0 Å². The Morgan fingerprint density at radius 3 is 1.88 bits per heavy atom. The highest BCUT2D eigenvalue weighted by Gasteiger charge is 2.35. The number of ether oxygens (including phenoxy) is 2. The molecule has 0 aliphatic heterocycles. The summed E-state index contributed by atoms with van der Waals surface area (Å²) in [6.07, 6.45) is -6.02. The second-order valence-corrected chi connectivity index (χ2v) is 7.39. The molecule has 2 nitrogen and oxygen atoms in total. The third-order valence-electron chi connectivity index (χ3n) is 4.61. The largest absolute Gasteiger partial charge is 0.429 e. The van der Waals surface area contributed by atoms with Crippen LogP contribution in [0.5, 0.6) is 11.5 Å². The molecule has 0 atom stereocenters. The lowest BCUT2D eigenvalue weighted by Crippen LogP contribution is -2.22. The second kappa shape index (κ2) is 9.33. The summed E-state index contributed by atoms with van der Waals surface area (Å²) >= 11 is 0. The van der Waals surface area contributed by atoms with Crippen LogP contribution >= 0.6 is 0 Å². The molecule has 0 amide bonds. The normalized spacial score (nSPS) is 12.0. The Kier molecular flexibility index (Phi) is 6.90. The van der Waals surface area contributed by atoms with Crippen LogP contribution < -0.4 is 9.47 Å². The van der Waals surface area contributed by atoms with Crippen LogP contribution in [0.4, 0.5) is 30.7 Å². The molecule has 3 rings (SSSR count). The third kappa shape index (κ3) is 5.97. The quantitative estimate of drug-likeness (QED) is 0.311. The van der Waals surface area contributed by atoms with Crippen molar-refractivity contribution in [3.05, 3.63) is 83.2 Å². The molecule has 0 spiro atoms. The van der Waals surface area contributed by atoms with Gasteiger partial charge in [0.25, 0.3) is 0 Å². The number of halogens is 7. The van der Waals surface area contributed by atoms with E-state index in [1.807, 2.05) is 6.92 Å². The first-order valence-corrected chi connectivity index (χ1v) is 9.91. The van der Waals surface area contributed by atoms with Crippen LogP contribution in [-0.2, 0) is 12.5 Å². The summed E-state index contributed by atoms with van der Waals surface area (Å²) in [5, 5.41) is 0. The highest BCUT2D eigenvalue weighted by Crippen LogP contribution is 2.36. The lowest BCUT2D eigenvalue weighted by molar-refractivity contribution is -0.185. The van der Waals surface area contributed by atoms with E-state index < -0.39 is 46.7 Å². The van der Waals surface area contributed by atoms with E-state index >= 15 is 0 Å². The lowest BCUT2D eigenvalue weighted by atomic mass is 10.0. The van der Waals surface area contributed by atoms with Gasteiger partial charge in [-0.25, -0.2) is 13.2 Å². The maximum Gasteiger partial charge on any atom is 0.426 e. The highest BCUT2D eigenvalue weighted by molar-refractivity contribution is 5.66. The van der Waals surface area contributed by atoms with Gasteiger partial charge in [0, 0.05) is 18.6 Å². The first-order valence-electron chi connectivity index (χ1n) is 9.91. The van der Waals surface area contributed by atoms with Crippen molar-refractivity contribution in [2.45, 2.75) is 38.9 Å². The molecule has 3 aromatic carbocycles. The van der Waals surface area contributed by atoms with Crippen molar-refractivity contribution in [2.75, 3.05) is 0 Å². The smallest absolute Gasteiger partial charge is 0.426 e. The van der Waals surface area contributed by atoms with Crippen molar-refractivity contribution < 1.29 is 40.2 Å². The maximum atomic E-state index is 14.6. The zero-order valence-electron chi connectivity index (χ0n) is 17.6. The summed E-state index contributed by atoms with van der Waals surface area (Å²) in [5.41, 5.74) is -0.258. The highest BCUT2D eigenvalue weighted by atomic mass is 19.3. The zero-order chi connectivity index (χ0) is 24.4. The molecular formula is C24H19F7O2. The first kappa shape index (κ1) is 24.4. The summed E-state index contributed by atoms with van der Waals surface area (Å²) in [7, 11) is 0. The van der Waals surface area contributed by atoms with Gasteiger partial charge in [-0.05, 0) is 53.9 Å². The molecule has 0 saturated heterocycles. The van der Waals surface area contributed by atoms with E-state index in [4.69, 9.17) is 0 Å². The fourth-order valence-corrected chi connectivity index (χ4v) is 3.15. The van der Waals surface area contributed by atoms with E-state index in [-0.39, 0.29) is 11.1 Å². The van der Waals surface area contributed by atoms with Gasteiger partial charge in [-0.1, -0.05) is 25.5 Å². The summed E-state index contributed by atoms with van der Waals surface area (Å²) < 4.78 is 106. The second-order valence-electron chi connectivity index (χ2n) is 7.39. The van der Waals surface area contributed by atoms with E-state index in [1.165, 1.54) is 12.1 Å². The van der Waals surface area contributed by atoms with E-state index in [0.29, 0.717) is 25.1 Å². The molecule has 0 aliphatic carbocycles. The Balaban J connectivity index is 1.84. The van der Waals surface area contributed by atoms with Gasteiger partial charge in [-0.15, -0.1) is 0 Å². The van der Waals surface area contributed by atoms with Crippen LogP contribution in [0.25, 0.3) is 11.1 Å². The van der Waals surface area contributed by atoms with Crippen LogP contribution in [0.15, 0.2) is 54.6 Å². The van der Waals surface area contributed by atoms with Crippen LogP contribution in [0, 0.1) is 17.5 Å². The van der Waals surface area contributed by atoms with Crippen LogP contribution in [0.2, 0.25) is 0 Å². The molecule has 0 fully saturated rings. The minimum Gasteiger partial charge on any atom is -0.429 e. The van der Waals surface area contributed by atoms with Crippen molar-refractivity contribution >= 4 is 0 Å². The fraction of sp³-hybridized carbons (Fsp3) is 0.250. The Morgan fingerprint density at radius 2 is 1.36 bits per heavy atom. The number of alkyl halides is 4. The molecular weight excluding hydrogens is 453 g/mol. The summed E-state index contributed by atoms with van der Waals surface area (Å²) in [6.45, 7) is 2.26. The van der Waals surface area contributed by atoms with E-state index in [1.54, 1.807) is 12.1 Å². The minimum absolute atomic E-state index is 0.299. The Bertz CT molecular complexity index is 1100. The number of hydrogen-bond acceptors (Lipinski definition) is 2. The number of benzene rings is 3. The van der Waals surface area contributed by atoms with E-state index in [2.05, 4.69) is 9.47 Å². The minimum atomic E-state index is -3.84. The van der Waals surface area contributed by atoms with E-state index in [0.717, 1.165) is 30.5 Å². The van der Waals surface area contributed by atoms with Gasteiger partial charge in [0.1, 0.15) is 11.6 Å². The molecule has 0 aromatic heterocycles. The third-order valence-corrected chi connectivity index (χ3v) is 4.61.